The second kappa shape index (κ2) is 11.6. The molecule has 0 aromatic heterocycles. The Hall–Kier alpha value is -2.38. The van der Waals surface area contributed by atoms with Crippen LogP contribution < -0.4 is 0 Å². The maximum absolute atomic E-state index is 12.4. The number of carboxylic acid groups (broad SMARTS) is 2. The fraction of sp³-hybridized carbons (Fsp3) is 0.714. The molecule has 0 radical (unpaired) electrons. The molecule has 0 aliphatic heterocycles. The van der Waals surface area contributed by atoms with Gasteiger partial charge in [0.1, 0.15) is 12.2 Å². The quantitative estimate of drug-likeness (QED) is 0.437. The molecular weight excluding hydrogens is 380 g/mol. The van der Waals surface area contributed by atoms with Crippen molar-refractivity contribution >= 4 is 23.9 Å². The van der Waals surface area contributed by atoms with E-state index in [-0.39, 0.29) is 17.8 Å². The van der Waals surface area contributed by atoms with Crippen LogP contribution in [0, 0.1) is 0 Å². The number of rotatable bonds is 9. The molecule has 0 saturated heterocycles. The first kappa shape index (κ1) is 22.9. The Labute approximate surface area is 170 Å². The molecule has 0 amide bonds. The van der Waals surface area contributed by atoms with E-state index < -0.39 is 48.7 Å². The number of hydrogen-bond donors (Lipinski definition) is 2. The van der Waals surface area contributed by atoms with E-state index >= 15 is 0 Å². The summed E-state index contributed by atoms with van der Waals surface area (Å²) in [7, 11) is 0. The van der Waals surface area contributed by atoms with Crippen LogP contribution in [-0.4, -0.2) is 46.3 Å². The Morgan fingerprint density at radius 3 is 1.41 bits per heavy atom. The fourth-order valence-electron chi connectivity index (χ4n) is 3.95. The van der Waals surface area contributed by atoms with Gasteiger partial charge in [-0.15, -0.1) is 0 Å². The number of ether oxygens (including phenoxy) is 2. The average Bonchev–Trinajstić information content (AvgIpc) is 2.66. The molecule has 8 nitrogen and oxygen atoms in total. The molecule has 162 valence electrons. The fourth-order valence-corrected chi connectivity index (χ4v) is 3.95. The second-order valence-corrected chi connectivity index (χ2v) is 7.81. The third kappa shape index (κ3) is 8.25. The highest BCUT2D eigenvalue weighted by Gasteiger charge is 2.26. The molecule has 0 atom stereocenters. The zero-order valence-corrected chi connectivity index (χ0v) is 16.7. The third-order valence-corrected chi connectivity index (χ3v) is 5.43. The predicted octanol–water partition coefficient (Wildman–Crippen LogP) is 3.37. The summed E-state index contributed by atoms with van der Waals surface area (Å²) < 4.78 is 10.8. The van der Waals surface area contributed by atoms with Crippen LogP contribution in [0.4, 0.5) is 0 Å². The highest BCUT2D eigenvalue weighted by molar-refractivity contribution is 5.95. The van der Waals surface area contributed by atoms with E-state index in [1.54, 1.807) is 0 Å². The van der Waals surface area contributed by atoms with Crippen molar-refractivity contribution in [2.24, 2.45) is 0 Å². The van der Waals surface area contributed by atoms with E-state index in [0.717, 1.165) is 64.2 Å². The molecule has 0 bridgehead atoms. The van der Waals surface area contributed by atoms with Gasteiger partial charge in [-0.2, -0.15) is 0 Å². The van der Waals surface area contributed by atoms with Gasteiger partial charge in [0.2, 0.25) is 0 Å². The molecule has 0 aromatic rings. The SMILES string of the molecule is O=C(O)CC(C(=O)O)=C(CC(=O)OC1CCCCC1)CC(=O)OC1CCCCC1. The first-order valence-electron chi connectivity index (χ1n) is 10.4. The molecule has 0 unspecified atom stereocenters. The van der Waals surface area contributed by atoms with E-state index in [1.807, 2.05) is 0 Å². The number of hydrogen-bond acceptors (Lipinski definition) is 6. The lowest BCUT2D eigenvalue weighted by molar-refractivity contribution is -0.150. The monoisotopic (exact) mass is 410 g/mol. The maximum Gasteiger partial charge on any atom is 0.332 e. The molecule has 0 heterocycles. The summed E-state index contributed by atoms with van der Waals surface area (Å²) >= 11 is 0. The van der Waals surface area contributed by atoms with Gasteiger partial charge in [0, 0.05) is 5.57 Å². The highest BCUT2D eigenvalue weighted by Crippen LogP contribution is 2.25. The molecule has 8 heteroatoms. The van der Waals surface area contributed by atoms with Crippen molar-refractivity contribution in [3.05, 3.63) is 11.1 Å². The summed E-state index contributed by atoms with van der Waals surface area (Å²) in [6, 6.07) is 0. The van der Waals surface area contributed by atoms with Crippen molar-refractivity contribution in [2.45, 2.75) is 95.7 Å². The van der Waals surface area contributed by atoms with Gasteiger partial charge >= 0.3 is 23.9 Å². The highest BCUT2D eigenvalue weighted by atomic mass is 16.5. The predicted molar refractivity (Wildman–Crippen MR) is 102 cm³/mol. The van der Waals surface area contributed by atoms with Gasteiger partial charge < -0.3 is 19.7 Å². The lowest BCUT2D eigenvalue weighted by atomic mass is 9.96. The zero-order valence-electron chi connectivity index (χ0n) is 16.7. The normalized spacial score (nSPS) is 17.9. The summed E-state index contributed by atoms with van der Waals surface area (Å²) in [5.74, 6) is -4.08. The molecule has 29 heavy (non-hydrogen) atoms. The molecule has 0 spiro atoms. The van der Waals surface area contributed by atoms with Crippen LogP contribution in [0.2, 0.25) is 0 Å². The summed E-state index contributed by atoms with van der Waals surface area (Å²) in [6.45, 7) is 0. The van der Waals surface area contributed by atoms with E-state index in [0.29, 0.717) is 0 Å². The number of carbonyl (C=O) groups excluding carboxylic acids is 2. The van der Waals surface area contributed by atoms with Crippen molar-refractivity contribution in [2.75, 3.05) is 0 Å². The summed E-state index contributed by atoms with van der Waals surface area (Å²) in [5.41, 5.74) is -0.514. The molecule has 2 saturated carbocycles. The molecule has 2 aliphatic carbocycles. The van der Waals surface area contributed by atoms with Crippen LogP contribution in [0.25, 0.3) is 0 Å². The van der Waals surface area contributed by atoms with Gasteiger partial charge in [0.05, 0.1) is 19.3 Å². The molecule has 2 aliphatic rings. The Morgan fingerprint density at radius 2 is 1.07 bits per heavy atom. The molecule has 0 aromatic carbocycles. The molecule has 2 fully saturated rings. The molecule has 2 rings (SSSR count). The number of carbonyl (C=O) groups is 4. The van der Waals surface area contributed by atoms with Crippen molar-refractivity contribution in [3.8, 4) is 0 Å². The number of carboxylic acids is 2. The van der Waals surface area contributed by atoms with Crippen LogP contribution in [0.1, 0.15) is 83.5 Å². The van der Waals surface area contributed by atoms with E-state index in [1.165, 1.54) is 0 Å². The van der Waals surface area contributed by atoms with Gasteiger partial charge in [-0.1, -0.05) is 12.8 Å². The minimum atomic E-state index is -1.46. The Kier molecular flexibility index (Phi) is 9.15. The van der Waals surface area contributed by atoms with E-state index in [4.69, 9.17) is 14.6 Å². The minimum Gasteiger partial charge on any atom is -0.481 e. The van der Waals surface area contributed by atoms with Gasteiger partial charge in [-0.05, 0) is 56.9 Å². The first-order chi connectivity index (χ1) is 13.8. The van der Waals surface area contributed by atoms with Gasteiger partial charge in [-0.3, -0.25) is 14.4 Å². The van der Waals surface area contributed by atoms with E-state index in [2.05, 4.69) is 0 Å². The van der Waals surface area contributed by atoms with Crippen LogP contribution in [-0.2, 0) is 28.7 Å². The molecular formula is C21H30O8. The first-order valence-corrected chi connectivity index (χ1v) is 10.4. The van der Waals surface area contributed by atoms with E-state index in [9.17, 15) is 24.3 Å². The largest absolute Gasteiger partial charge is 0.481 e. The minimum absolute atomic E-state index is 0.0541. The Morgan fingerprint density at radius 1 is 0.655 bits per heavy atom. The lowest BCUT2D eigenvalue weighted by Crippen LogP contribution is -2.24. The van der Waals surface area contributed by atoms with Crippen molar-refractivity contribution < 1.29 is 38.9 Å². The standard InChI is InChI=1S/C21H30O8/c22-18(23)13-17(21(26)27)14(11-19(24)28-15-7-3-1-4-8-15)12-20(25)29-16-9-5-2-6-10-16/h15-16H,1-13H2,(H,22,23)(H,26,27). The number of esters is 2. The van der Waals surface area contributed by atoms with Crippen molar-refractivity contribution in [3.63, 3.8) is 0 Å². The van der Waals surface area contributed by atoms with Gasteiger partial charge in [0.25, 0.3) is 0 Å². The van der Waals surface area contributed by atoms with Crippen LogP contribution in [0.3, 0.4) is 0 Å². The van der Waals surface area contributed by atoms with Crippen LogP contribution >= 0.6 is 0 Å². The maximum atomic E-state index is 12.4. The van der Waals surface area contributed by atoms with Crippen LogP contribution in [0.5, 0.6) is 0 Å². The Bertz CT molecular complexity index is 603. The van der Waals surface area contributed by atoms with Gasteiger partial charge in [0.15, 0.2) is 0 Å². The zero-order chi connectivity index (χ0) is 21.2. The lowest BCUT2D eigenvalue weighted by Gasteiger charge is -2.23. The summed E-state index contributed by atoms with van der Waals surface area (Å²) in [5, 5.41) is 18.5. The van der Waals surface area contributed by atoms with Crippen molar-refractivity contribution in [1.29, 1.82) is 0 Å². The van der Waals surface area contributed by atoms with Crippen molar-refractivity contribution in [1.82, 2.24) is 0 Å². The second-order valence-electron chi connectivity index (χ2n) is 7.81. The smallest absolute Gasteiger partial charge is 0.332 e. The number of aliphatic carboxylic acids is 2. The summed E-state index contributed by atoms with van der Waals surface area (Å²) in [4.78, 5) is 47.4. The topological polar surface area (TPSA) is 127 Å². The average molecular weight is 410 g/mol. The Balaban J connectivity index is 2.08. The van der Waals surface area contributed by atoms with Crippen LogP contribution in [0.15, 0.2) is 11.1 Å². The third-order valence-electron chi connectivity index (χ3n) is 5.43. The summed E-state index contributed by atoms with van der Waals surface area (Å²) in [6.07, 6.45) is 7.04. The molecule has 2 N–H and O–H groups in total. The van der Waals surface area contributed by atoms with Gasteiger partial charge in [-0.25, -0.2) is 4.79 Å².